The summed E-state index contributed by atoms with van der Waals surface area (Å²) in [6.07, 6.45) is 0.869. The number of hydrogen-bond acceptors (Lipinski definition) is 8. The van der Waals surface area contributed by atoms with Gasteiger partial charge >= 0.3 is 5.97 Å². The average Bonchev–Trinajstić information content (AvgIpc) is 3.79. The van der Waals surface area contributed by atoms with E-state index in [2.05, 4.69) is 26.6 Å². The molecule has 0 aliphatic carbocycles. The van der Waals surface area contributed by atoms with Gasteiger partial charge in [-0.3, -0.25) is 28.8 Å². The molecule has 0 fully saturated rings. The van der Waals surface area contributed by atoms with Crippen LogP contribution in [0.25, 0.3) is 11.1 Å². The zero-order chi connectivity index (χ0) is 43.0. The molecule has 0 saturated carbocycles. The second kappa shape index (κ2) is 22.0. The predicted octanol–water partition coefficient (Wildman–Crippen LogP) is 4.39. The van der Waals surface area contributed by atoms with Gasteiger partial charge in [0.1, 0.15) is 29.9 Å². The molecule has 4 unspecified atom stereocenters. The minimum Gasteiger partial charge on any atom is -0.484 e. The number of carboxylic acids is 1. The molecule has 61 heavy (non-hydrogen) atoms. The summed E-state index contributed by atoms with van der Waals surface area (Å²) in [5.74, 6) is -3.57. The average molecular weight is 844 g/mol. The summed E-state index contributed by atoms with van der Waals surface area (Å²) in [5, 5.41) is 25.1. The molecule has 3 heterocycles. The van der Waals surface area contributed by atoms with E-state index in [0.717, 1.165) is 27.1 Å². The molecule has 4 atom stereocenters. The van der Waals surface area contributed by atoms with Crippen LogP contribution in [0.4, 0.5) is 0 Å². The van der Waals surface area contributed by atoms with E-state index in [9.17, 15) is 28.8 Å². The predicted molar refractivity (Wildman–Crippen MR) is 232 cm³/mol. The van der Waals surface area contributed by atoms with Crippen LogP contribution in [0, 0.1) is 0 Å². The van der Waals surface area contributed by atoms with Crippen LogP contribution in [0.1, 0.15) is 40.8 Å². The summed E-state index contributed by atoms with van der Waals surface area (Å²) in [6.45, 7) is -0.326. The van der Waals surface area contributed by atoms with Crippen LogP contribution in [-0.2, 0) is 54.5 Å². The lowest BCUT2D eigenvalue weighted by atomic mass is 9.99. The van der Waals surface area contributed by atoms with Gasteiger partial charge in [-0.1, -0.05) is 103 Å². The lowest BCUT2D eigenvalue weighted by Crippen LogP contribution is -2.59. The Morgan fingerprint density at radius 1 is 0.672 bits per heavy atom. The highest BCUT2D eigenvalue weighted by atomic mass is 32.1. The highest BCUT2D eigenvalue weighted by Crippen LogP contribution is 2.21. The second-order valence-electron chi connectivity index (χ2n) is 14.8. The molecular formula is C47H49N5O8S. The van der Waals surface area contributed by atoms with Crippen LogP contribution in [0.3, 0.4) is 0 Å². The minimum absolute atomic E-state index is 0.0534. The van der Waals surface area contributed by atoms with Crippen molar-refractivity contribution in [1.82, 2.24) is 26.6 Å². The SMILES string of the molecule is O=C(O)CCCNC(=O)C1Cc2ccc(cc2)OCC(=O)NC(Cc2cccs2)C(=O)NC(Cc2ccc(-c3ccccc3)cc2)C(=O)NC(CCc2ccccc2)C(=O)N1. The van der Waals surface area contributed by atoms with E-state index in [0.29, 0.717) is 17.7 Å². The molecular weight excluding hydrogens is 795 g/mol. The molecule has 0 saturated heterocycles. The second-order valence-corrected chi connectivity index (χ2v) is 15.8. The Morgan fingerprint density at radius 3 is 1.98 bits per heavy atom. The van der Waals surface area contributed by atoms with Crippen molar-refractivity contribution >= 4 is 46.8 Å². The summed E-state index contributed by atoms with van der Waals surface area (Å²) in [6, 6.07) is 32.8. The van der Waals surface area contributed by atoms with Crippen LogP contribution in [-0.4, -0.2) is 77.9 Å². The van der Waals surface area contributed by atoms with E-state index in [4.69, 9.17) is 9.84 Å². The number of aliphatic carboxylic acids is 1. The number of rotatable bonds is 13. The number of carbonyl (C=O) groups is 6. The first-order valence-electron chi connectivity index (χ1n) is 20.2. The first-order chi connectivity index (χ1) is 29.6. The number of benzene rings is 4. The Balaban J connectivity index is 1.33. The van der Waals surface area contributed by atoms with Crippen molar-refractivity contribution in [3.63, 3.8) is 0 Å². The number of hydrogen-bond donors (Lipinski definition) is 6. The third-order valence-electron chi connectivity index (χ3n) is 10.2. The van der Waals surface area contributed by atoms with Gasteiger partial charge in [0.15, 0.2) is 6.61 Å². The smallest absolute Gasteiger partial charge is 0.303 e. The van der Waals surface area contributed by atoms with E-state index in [1.54, 1.807) is 24.3 Å². The number of carboxylic acid groups (broad SMARTS) is 1. The number of aryl methyl sites for hydroxylation is 1. The molecule has 0 spiro atoms. The third kappa shape index (κ3) is 13.6. The van der Waals surface area contributed by atoms with Crippen LogP contribution >= 0.6 is 11.3 Å². The monoisotopic (exact) mass is 843 g/mol. The number of thiophene rings is 1. The molecule has 7 rings (SSSR count). The largest absolute Gasteiger partial charge is 0.484 e. The standard InChI is InChI=1S/C47H49N5O8S/c53-42-30-60-36-22-17-33(18-23-36)27-39(44(56)48-25-7-14-43(54)55)51-45(57)38(24-19-31-9-3-1-4-10-31)50-46(58)40(52-47(59)41(49-42)29-37-13-8-26-61-37)28-32-15-20-35(21-16-32)34-11-5-2-6-12-34/h1-6,8-13,15-18,20-23,26,38-41H,7,14,19,24-25,27-30H2,(H,48,56)(H,49,53)(H,50,58)(H,51,57)(H,52,59)(H,54,55). The van der Waals surface area contributed by atoms with Crippen LogP contribution in [0.15, 0.2) is 127 Å². The molecule has 2 aliphatic heterocycles. The fourth-order valence-corrected chi connectivity index (χ4v) is 7.67. The van der Waals surface area contributed by atoms with Crippen LogP contribution in [0.5, 0.6) is 5.75 Å². The van der Waals surface area contributed by atoms with Crippen LogP contribution in [0.2, 0.25) is 0 Å². The highest BCUT2D eigenvalue weighted by molar-refractivity contribution is 7.09. The van der Waals surface area contributed by atoms with Gasteiger partial charge in [-0.05, 0) is 70.7 Å². The fraction of sp³-hybridized carbons (Fsp3) is 0.277. The molecule has 13 nitrogen and oxygen atoms in total. The number of nitrogens with one attached hydrogen (secondary N) is 5. The maximum atomic E-state index is 14.5. The van der Waals surface area contributed by atoms with Gasteiger partial charge in [-0.2, -0.15) is 0 Å². The number of carbonyl (C=O) groups excluding carboxylic acids is 5. The van der Waals surface area contributed by atoms with E-state index in [1.165, 1.54) is 11.3 Å². The summed E-state index contributed by atoms with van der Waals surface area (Å²) in [7, 11) is 0. The molecule has 5 aromatic rings. The zero-order valence-electron chi connectivity index (χ0n) is 33.5. The minimum atomic E-state index is -1.19. The maximum Gasteiger partial charge on any atom is 0.303 e. The number of amides is 5. The van der Waals surface area contributed by atoms with Gasteiger partial charge in [0, 0.05) is 37.1 Å². The molecule has 1 aromatic heterocycles. The van der Waals surface area contributed by atoms with Crippen molar-refractivity contribution in [1.29, 1.82) is 0 Å². The third-order valence-corrected chi connectivity index (χ3v) is 11.1. The Kier molecular flexibility index (Phi) is 15.8. The van der Waals surface area contributed by atoms with Gasteiger partial charge in [0.25, 0.3) is 5.91 Å². The Labute approximate surface area is 358 Å². The van der Waals surface area contributed by atoms with E-state index in [-0.39, 0.29) is 45.1 Å². The van der Waals surface area contributed by atoms with Crippen molar-refractivity contribution in [3.05, 3.63) is 148 Å². The van der Waals surface area contributed by atoms with Crippen molar-refractivity contribution < 1.29 is 38.6 Å². The van der Waals surface area contributed by atoms with Gasteiger partial charge in [-0.25, -0.2) is 0 Å². The molecule has 0 radical (unpaired) electrons. The molecule has 14 heteroatoms. The molecule has 2 aliphatic rings. The van der Waals surface area contributed by atoms with Crippen molar-refractivity contribution in [2.24, 2.45) is 0 Å². The lowest BCUT2D eigenvalue weighted by Gasteiger charge is -2.27. The Hall–Kier alpha value is -6.80. The first-order valence-corrected chi connectivity index (χ1v) is 21.1. The van der Waals surface area contributed by atoms with Gasteiger partial charge < -0.3 is 36.4 Å². The van der Waals surface area contributed by atoms with Crippen molar-refractivity contribution in [3.8, 4) is 16.9 Å². The molecule has 2 bridgehead atoms. The van der Waals surface area contributed by atoms with E-state index < -0.39 is 66.3 Å². The lowest BCUT2D eigenvalue weighted by molar-refractivity contribution is -0.137. The molecule has 6 N–H and O–H groups in total. The number of fused-ring (bicyclic) bond motifs is 16. The topological polar surface area (TPSA) is 192 Å². The van der Waals surface area contributed by atoms with Crippen molar-refractivity contribution in [2.75, 3.05) is 13.2 Å². The van der Waals surface area contributed by atoms with Gasteiger partial charge in [0.2, 0.25) is 23.6 Å². The molecule has 4 aromatic carbocycles. The normalized spacial score (nSPS) is 18.8. The Morgan fingerprint density at radius 2 is 1.31 bits per heavy atom. The summed E-state index contributed by atoms with van der Waals surface area (Å²) >= 11 is 1.43. The first kappa shape index (κ1) is 43.8. The maximum absolute atomic E-state index is 14.5. The van der Waals surface area contributed by atoms with Crippen molar-refractivity contribution in [2.45, 2.75) is 69.1 Å². The van der Waals surface area contributed by atoms with Crippen LogP contribution < -0.4 is 31.3 Å². The fourth-order valence-electron chi connectivity index (χ4n) is 6.92. The van der Waals surface area contributed by atoms with E-state index in [1.807, 2.05) is 102 Å². The quantitative estimate of drug-likeness (QED) is 0.0743. The summed E-state index contributed by atoms with van der Waals surface area (Å²) < 4.78 is 5.77. The molecule has 5 amide bonds. The van der Waals surface area contributed by atoms with Gasteiger partial charge in [0.05, 0.1) is 0 Å². The molecule has 316 valence electrons. The zero-order valence-corrected chi connectivity index (χ0v) is 34.3. The van der Waals surface area contributed by atoms with Gasteiger partial charge in [-0.15, -0.1) is 11.3 Å². The Bertz CT molecular complexity index is 2240. The number of ether oxygens (including phenoxy) is 1. The van der Waals surface area contributed by atoms with E-state index >= 15 is 0 Å². The highest BCUT2D eigenvalue weighted by Gasteiger charge is 2.32. The summed E-state index contributed by atoms with van der Waals surface area (Å²) in [4.78, 5) is 82.0. The summed E-state index contributed by atoms with van der Waals surface area (Å²) in [5.41, 5.74) is 4.30.